The summed E-state index contributed by atoms with van der Waals surface area (Å²) in [5.74, 6) is -0.503. The highest BCUT2D eigenvalue weighted by molar-refractivity contribution is 6.36. The highest BCUT2D eigenvalue weighted by atomic mass is 35.5. The number of anilines is 1. The van der Waals surface area contributed by atoms with Crippen LogP contribution in [0.25, 0.3) is 22.4 Å². The highest BCUT2D eigenvalue weighted by Gasteiger charge is 2.21. The Hall–Kier alpha value is -4.54. The van der Waals surface area contributed by atoms with Crippen LogP contribution in [0.3, 0.4) is 0 Å². The molecule has 0 unspecified atom stereocenters. The molecule has 0 aliphatic carbocycles. The van der Waals surface area contributed by atoms with E-state index in [1.165, 1.54) is 24.9 Å². The maximum atomic E-state index is 13.1. The average molecular weight is 615 g/mol. The molecule has 1 atom stereocenters. The summed E-state index contributed by atoms with van der Waals surface area (Å²) in [5, 5.41) is 9.78. The Morgan fingerprint density at radius 2 is 1.77 bits per heavy atom. The number of aryl methyl sites for hydroxylation is 2. The van der Waals surface area contributed by atoms with Gasteiger partial charge < -0.3 is 20.5 Å². The van der Waals surface area contributed by atoms with Crippen LogP contribution in [0.15, 0.2) is 64.3 Å². The lowest BCUT2D eigenvalue weighted by Crippen LogP contribution is -2.40. The predicted molar refractivity (Wildman–Crippen MR) is 172 cm³/mol. The van der Waals surface area contributed by atoms with Gasteiger partial charge >= 0.3 is 5.69 Å². The Balaban J connectivity index is 1.40. The average Bonchev–Trinajstić information content (AvgIpc) is 3.44. The fraction of sp³-hybridized carbons (Fsp3) is 0.303. The number of nitrogens with one attached hydrogen (secondary N) is 3. The van der Waals surface area contributed by atoms with Crippen LogP contribution in [-0.4, -0.2) is 38.5 Å². The highest BCUT2D eigenvalue weighted by Crippen LogP contribution is 2.39. The molecule has 1 saturated heterocycles. The number of halogens is 1. The molecule has 1 fully saturated rings. The van der Waals surface area contributed by atoms with Gasteiger partial charge in [-0.05, 0) is 48.6 Å². The van der Waals surface area contributed by atoms with Gasteiger partial charge in [0.05, 0.1) is 10.7 Å². The number of benzene rings is 2. The van der Waals surface area contributed by atoms with Crippen molar-refractivity contribution < 1.29 is 9.59 Å². The summed E-state index contributed by atoms with van der Waals surface area (Å²) >= 11 is 7.03. The molecule has 10 nitrogen and oxygen atoms in total. The van der Waals surface area contributed by atoms with Crippen LogP contribution in [-0.2, 0) is 31.9 Å². The topological polar surface area (TPSA) is 127 Å². The number of rotatable bonds is 9. The van der Waals surface area contributed by atoms with E-state index in [4.69, 9.17) is 16.6 Å². The van der Waals surface area contributed by atoms with Crippen molar-refractivity contribution in [2.75, 3.05) is 11.9 Å². The summed E-state index contributed by atoms with van der Waals surface area (Å²) in [6.45, 7) is 5.31. The van der Waals surface area contributed by atoms with Crippen molar-refractivity contribution >= 4 is 29.1 Å². The van der Waals surface area contributed by atoms with Crippen molar-refractivity contribution in [3.63, 3.8) is 0 Å². The molecule has 4 aromatic rings. The SMILES string of the molecule is CCc1nc(-c2cccc(-c3cccc(NC(=O)c4cn(C)c(=O)n(C)c4=O)c3C)c2Cl)ccc1CNC[C@@H]1CCC(=O)N1. The van der Waals surface area contributed by atoms with Crippen molar-refractivity contribution in [2.45, 2.75) is 45.7 Å². The van der Waals surface area contributed by atoms with E-state index in [2.05, 4.69) is 28.9 Å². The van der Waals surface area contributed by atoms with E-state index >= 15 is 0 Å². The van der Waals surface area contributed by atoms with Crippen molar-refractivity contribution in [1.29, 1.82) is 0 Å². The van der Waals surface area contributed by atoms with E-state index in [-0.39, 0.29) is 17.5 Å². The smallest absolute Gasteiger partial charge is 0.330 e. The minimum absolute atomic E-state index is 0.108. The Morgan fingerprint density at radius 3 is 2.50 bits per heavy atom. The molecule has 0 radical (unpaired) electrons. The molecule has 2 aromatic carbocycles. The Kier molecular flexibility index (Phi) is 9.12. The maximum absolute atomic E-state index is 13.1. The van der Waals surface area contributed by atoms with Gasteiger partial charge in [0.25, 0.3) is 11.5 Å². The third-order valence-corrected chi connectivity index (χ3v) is 8.44. The predicted octanol–water partition coefficient (Wildman–Crippen LogP) is 3.96. The minimum Gasteiger partial charge on any atom is -0.352 e. The molecule has 5 rings (SSSR count). The van der Waals surface area contributed by atoms with Gasteiger partial charge in [0.2, 0.25) is 5.91 Å². The quantitative estimate of drug-likeness (QED) is 0.262. The second-order valence-electron chi connectivity index (χ2n) is 11.0. The van der Waals surface area contributed by atoms with Gasteiger partial charge in [-0.2, -0.15) is 0 Å². The summed E-state index contributed by atoms with van der Waals surface area (Å²) in [5.41, 5.74) is 5.18. The van der Waals surface area contributed by atoms with Crippen LogP contribution in [0.2, 0.25) is 5.02 Å². The number of hydrogen-bond donors (Lipinski definition) is 3. The molecule has 3 heterocycles. The molecular formula is C33H35ClN6O4. The van der Waals surface area contributed by atoms with E-state index in [9.17, 15) is 19.2 Å². The lowest BCUT2D eigenvalue weighted by atomic mass is 9.96. The zero-order valence-corrected chi connectivity index (χ0v) is 25.9. The van der Waals surface area contributed by atoms with Crippen LogP contribution >= 0.6 is 11.6 Å². The van der Waals surface area contributed by atoms with Crippen LogP contribution < -0.4 is 27.2 Å². The fourth-order valence-corrected chi connectivity index (χ4v) is 5.84. The molecular weight excluding hydrogens is 580 g/mol. The largest absolute Gasteiger partial charge is 0.352 e. The first kappa shape index (κ1) is 30.9. The molecule has 2 amide bonds. The molecule has 0 bridgehead atoms. The van der Waals surface area contributed by atoms with Crippen molar-refractivity contribution in [3.8, 4) is 22.4 Å². The summed E-state index contributed by atoms with van der Waals surface area (Å²) in [6, 6.07) is 15.5. The van der Waals surface area contributed by atoms with E-state index in [0.29, 0.717) is 30.2 Å². The van der Waals surface area contributed by atoms with Crippen LogP contribution in [0.5, 0.6) is 0 Å². The number of pyridine rings is 1. The first-order chi connectivity index (χ1) is 21.1. The molecule has 2 aromatic heterocycles. The Bertz CT molecular complexity index is 1880. The zero-order valence-electron chi connectivity index (χ0n) is 25.2. The third-order valence-electron chi connectivity index (χ3n) is 8.03. The van der Waals surface area contributed by atoms with Gasteiger partial charge in [-0.1, -0.05) is 54.9 Å². The standard InChI is InChI=1S/C33H35ClN6O4/c1-5-26-20(16-35-17-21-13-15-29(41)36-21)12-14-28(37-26)24-10-6-9-23(30(24)34)22-8-7-11-27(19(22)2)38-31(42)25-18-39(3)33(44)40(4)32(25)43/h6-12,14,18,21,35H,5,13,15-17H2,1-4H3,(H,36,41)(H,38,42)/t21-/m0/s1. The number of carbonyl (C=O) groups is 2. The number of aromatic nitrogens is 3. The number of amides is 2. The maximum Gasteiger partial charge on any atom is 0.330 e. The number of hydrogen-bond acceptors (Lipinski definition) is 6. The van der Waals surface area contributed by atoms with Crippen LogP contribution in [0.1, 0.15) is 46.9 Å². The monoisotopic (exact) mass is 614 g/mol. The molecule has 3 N–H and O–H groups in total. The van der Waals surface area contributed by atoms with Crippen LogP contribution in [0, 0.1) is 6.92 Å². The molecule has 1 aliphatic heterocycles. The molecule has 44 heavy (non-hydrogen) atoms. The van der Waals surface area contributed by atoms with E-state index in [0.717, 1.165) is 56.6 Å². The van der Waals surface area contributed by atoms with Gasteiger partial charge in [0.1, 0.15) is 5.56 Å². The van der Waals surface area contributed by atoms with E-state index in [1.807, 2.05) is 43.3 Å². The van der Waals surface area contributed by atoms with Crippen LogP contribution in [0.4, 0.5) is 5.69 Å². The van der Waals surface area contributed by atoms with Gasteiger partial charge in [-0.3, -0.25) is 23.9 Å². The lowest BCUT2D eigenvalue weighted by molar-refractivity contribution is -0.119. The van der Waals surface area contributed by atoms with Gasteiger partial charge in [-0.15, -0.1) is 0 Å². The van der Waals surface area contributed by atoms with Crippen molar-refractivity contribution in [1.82, 2.24) is 24.8 Å². The first-order valence-electron chi connectivity index (χ1n) is 14.5. The third kappa shape index (κ3) is 6.22. The summed E-state index contributed by atoms with van der Waals surface area (Å²) in [4.78, 5) is 54.2. The number of carbonyl (C=O) groups excluding carboxylic acids is 2. The summed E-state index contributed by atoms with van der Waals surface area (Å²) in [7, 11) is 2.82. The van der Waals surface area contributed by atoms with E-state index < -0.39 is 17.2 Å². The minimum atomic E-state index is -0.668. The van der Waals surface area contributed by atoms with E-state index in [1.54, 1.807) is 6.07 Å². The Morgan fingerprint density at radius 1 is 1.05 bits per heavy atom. The molecule has 228 valence electrons. The van der Waals surface area contributed by atoms with Crippen molar-refractivity contribution in [3.05, 3.63) is 103 Å². The normalized spacial score (nSPS) is 14.5. The fourth-order valence-electron chi connectivity index (χ4n) is 5.51. The zero-order chi connectivity index (χ0) is 31.5. The molecule has 1 aliphatic rings. The lowest BCUT2D eigenvalue weighted by Gasteiger charge is -2.17. The Labute approximate surface area is 260 Å². The van der Waals surface area contributed by atoms with Crippen molar-refractivity contribution in [2.24, 2.45) is 14.1 Å². The number of nitrogens with zero attached hydrogens (tertiary/aromatic N) is 3. The first-order valence-corrected chi connectivity index (χ1v) is 14.9. The molecule has 0 saturated carbocycles. The second kappa shape index (κ2) is 13.0. The van der Waals surface area contributed by atoms with Gasteiger partial charge in [0.15, 0.2) is 0 Å². The summed E-state index contributed by atoms with van der Waals surface area (Å²) in [6.07, 6.45) is 3.43. The second-order valence-corrected chi connectivity index (χ2v) is 11.4. The molecule has 0 spiro atoms. The summed E-state index contributed by atoms with van der Waals surface area (Å²) < 4.78 is 2.10. The molecule has 11 heteroatoms. The van der Waals surface area contributed by atoms with Gasteiger partial charge in [0, 0.05) is 68.4 Å². The van der Waals surface area contributed by atoms with Gasteiger partial charge in [-0.25, -0.2) is 4.79 Å².